The summed E-state index contributed by atoms with van der Waals surface area (Å²) in [6.45, 7) is 10.5. The molecule has 0 radical (unpaired) electrons. The Labute approximate surface area is 184 Å². The molecule has 8 heteroatoms. The molecule has 0 aliphatic rings. The summed E-state index contributed by atoms with van der Waals surface area (Å²) in [7, 11) is 1.95. The SMILES string of the molecule is CCNC(=NCc1nnc(C)n1C)NCC(C)(C)Cc1cccc(Cl)c1.I. The lowest BCUT2D eigenvalue weighted by Crippen LogP contribution is -2.42. The van der Waals surface area contributed by atoms with Crippen molar-refractivity contribution >= 4 is 41.5 Å². The van der Waals surface area contributed by atoms with Crippen molar-refractivity contribution in [3.05, 3.63) is 46.5 Å². The largest absolute Gasteiger partial charge is 0.357 e. The summed E-state index contributed by atoms with van der Waals surface area (Å²) < 4.78 is 1.95. The predicted molar refractivity (Wildman–Crippen MR) is 123 cm³/mol. The van der Waals surface area contributed by atoms with Crippen LogP contribution in [0.4, 0.5) is 0 Å². The van der Waals surface area contributed by atoms with Gasteiger partial charge in [0, 0.05) is 25.2 Å². The maximum Gasteiger partial charge on any atom is 0.191 e. The van der Waals surface area contributed by atoms with Gasteiger partial charge in [0.25, 0.3) is 0 Å². The molecule has 1 aromatic heterocycles. The van der Waals surface area contributed by atoms with E-state index in [0.717, 1.165) is 42.1 Å². The first kappa shape index (κ1) is 23.7. The van der Waals surface area contributed by atoms with Crippen molar-refractivity contribution in [2.45, 2.75) is 40.7 Å². The summed E-state index contributed by atoms with van der Waals surface area (Å²) in [5, 5.41) is 15.7. The van der Waals surface area contributed by atoms with E-state index in [2.05, 4.69) is 52.7 Å². The van der Waals surface area contributed by atoms with Gasteiger partial charge in [0.05, 0.1) is 0 Å². The summed E-state index contributed by atoms with van der Waals surface area (Å²) >= 11 is 6.10. The van der Waals surface area contributed by atoms with E-state index in [9.17, 15) is 0 Å². The highest BCUT2D eigenvalue weighted by Crippen LogP contribution is 2.22. The van der Waals surface area contributed by atoms with Crippen molar-refractivity contribution in [1.82, 2.24) is 25.4 Å². The number of aromatic nitrogens is 3. The van der Waals surface area contributed by atoms with Crippen LogP contribution in [0.3, 0.4) is 0 Å². The minimum Gasteiger partial charge on any atom is -0.357 e. The van der Waals surface area contributed by atoms with Crippen molar-refractivity contribution in [3.63, 3.8) is 0 Å². The number of hydrogen-bond acceptors (Lipinski definition) is 3. The smallest absolute Gasteiger partial charge is 0.191 e. The number of aliphatic imine (C=N–C) groups is 1. The Morgan fingerprint density at radius 2 is 2.00 bits per heavy atom. The molecule has 2 aromatic rings. The number of rotatable bonds is 7. The monoisotopic (exact) mass is 504 g/mol. The highest BCUT2D eigenvalue weighted by molar-refractivity contribution is 14.0. The van der Waals surface area contributed by atoms with Gasteiger partial charge in [-0.05, 0) is 43.4 Å². The maximum atomic E-state index is 6.10. The van der Waals surface area contributed by atoms with Crippen molar-refractivity contribution < 1.29 is 0 Å². The molecule has 0 amide bonds. The van der Waals surface area contributed by atoms with Crippen LogP contribution >= 0.6 is 35.6 Å². The first-order valence-electron chi connectivity index (χ1n) is 8.92. The lowest BCUT2D eigenvalue weighted by atomic mass is 9.86. The van der Waals surface area contributed by atoms with Gasteiger partial charge < -0.3 is 15.2 Å². The third-order valence-corrected chi connectivity index (χ3v) is 4.45. The highest BCUT2D eigenvalue weighted by atomic mass is 127. The second kappa shape index (κ2) is 10.8. The van der Waals surface area contributed by atoms with Gasteiger partial charge in [-0.1, -0.05) is 37.6 Å². The van der Waals surface area contributed by atoms with Crippen LogP contribution in [-0.4, -0.2) is 33.8 Å². The Kier molecular flexibility index (Phi) is 9.52. The number of guanidine groups is 1. The molecule has 1 heterocycles. The van der Waals surface area contributed by atoms with Crippen LogP contribution in [0, 0.1) is 12.3 Å². The van der Waals surface area contributed by atoms with Crippen LogP contribution < -0.4 is 10.6 Å². The Morgan fingerprint density at radius 1 is 1.26 bits per heavy atom. The maximum absolute atomic E-state index is 6.10. The summed E-state index contributed by atoms with van der Waals surface area (Å²) in [5.41, 5.74) is 1.29. The third-order valence-electron chi connectivity index (χ3n) is 4.21. The Morgan fingerprint density at radius 3 is 2.59 bits per heavy atom. The van der Waals surface area contributed by atoms with E-state index in [1.165, 1.54) is 5.56 Å². The van der Waals surface area contributed by atoms with Gasteiger partial charge in [0.2, 0.25) is 0 Å². The molecule has 2 N–H and O–H groups in total. The first-order chi connectivity index (χ1) is 12.3. The standard InChI is InChI=1S/C19H29ClN6.HI/c1-6-21-18(22-12-17-25-24-14(2)26(17)5)23-13-19(3,4)11-15-8-7-9-16(20)10-15;/h7-10H,6,11-13H2,1-5H3,(H2,21,22,23);1H. The molecule has 1 aromatic carbocycles. The number of nitrogens with one attached hydrogen (secondary N) is 2. The Hall–Kier alpha value is -1.35. The van der Waals surface area contributed by atoms with Gasteiger partial charge in [-0.25, -0.2) is 4.99 Å². The van der Waals surface area contributed by atoms with Crippen LogP contribution in [0.15, 0.2) is 29.3 Å². The van der Waals surface area contributed by atoms with Gasteiger partial charge in [-0.3, -0.25) is 0 Å². The fourth-order valence-electron chi connectivity index (χ4n) is 2.67. The minimum absolute atomic E-state index is 0. The summed E-state index contributed by atoms with van der Waals surface area (Å²) in [6, 6.07) is 8.04. The van der Waals surface area contributed by atoms with Crippen molar-refractivity contribution in [3.8, 4) is 0 Å². The molecule has 0 saturated carbocycles. The molecule has 0 saturated heterocycles. The van der Waals surface area contributed by atoms with Crippen molar-refractivity contribution in [2.24, 2.45) is 17.5 Å². The van der Waals surface area contributed by atoms with Crippen LogP contribution in [0.1, 0.15) is 38.0 Å². The molecule has 6 nitrogen and oxygen atoms in total. The van der Waals surface area contributed by atoms with Gasteiger partial charge in [-0.2, -0.15) is 0 Å². The molecule has 150 valence electrons. The van der Waals surface area contributed by atoms with E-state index in [4.69, 9.17) is 11.6 Å². The average molecular weight is 505 g/mol. The van der Waals surface area contributed by atoms with E-state index >= 15 is 0 Å². The van der Waals surface area contributed by atoms with E-state index in [1.807, 2.05) is 36.7 Å². The number of halogens is 2. The molecule has 0 fully saturated rings. The zero-order valence-corrected chi connectivity index (χ0v) is 19.8. The van der Waals surface area contributed by atoms with Crippen LogP contribution in [-0.2, 0) is 20.0 Å². The molecule has 27 heavy (non-hydrogen) atoms. The molecule has 0 spiro atoms. The molecule has 0 aliphatic carbocycles. The molecular weight excluding hydrogens is 475 g/mol. The van der Waals surface area contributed by atoms with E-state index < -0.39 is 0 Å². The third kappa shape index (κ3) is 7.65. The lowest BCUT2D eigenvalue weighted by molar-refractivity contribution is 0.359. The number of hydrogen-bond donors (Lipinski definition) is 2. The van der Waals surface area contributed by atoms with Crippen LogP contribution in [0.2, 0.25) is 5.02 Å². The first-order valence-corrected chi connectivity index (χ1v) is 9.30. The topological polar surface area (TPSA) is 67.1 Å². The van der Waals surface area contributed by atoms with Gasteiger partial charge >= 0.3 is 0 Å². The highest BCUT2D eigenvalue weighted by Gasteiger charge is 2.19. The molecule has 0 unspecified atom stereocenters. The number of nitrogens with zero attached hydrogens (tertiary/aromatic N) is 4. The van der Waals surface area contributed by atoms with E-state index in [0.29, 0.717) is 6.54 Å². The number of benzene rings is 1. The van der Waals surface area contributed by atoms with Crippen molar-refractivity contribution in [2.75, 3.05) is 13.1 Å². The zero-order chi connectivity index (χ0) is 19.2. The van der Waals surface area contributed by atoms with E-state index in [-0.39, 0.29) is 29.4 Å². The predicted octanol–water partition coefficient (Wildman–Crippen LogP) is 3.72. The second-order valence-corrected chi connectivity index (χ2v) is 7.68. The lowest BCUT2D eigenvalue weighted by Gasteiger charge is -2.26. The second-order valence-electron chi connectivity index (χ2n) is 7.24. The van der Waals surface area contributed by atoms with Gasteiger partial charge in [-0.15, -0.1) is 34.2 Å². The van der Waals surface area contributed by atoms with Gasteiger partial charge in [0.1, 0.15) is 12.4 Å². The van der Waals surface area contributed by atoms with E-state index in [1.54, 1.807) is 0 Å². The Bertz CT molecular complexity index is 756. The summed E-state index contributed by atoms with van der Waals surface area (Å²) in [5.74, 6) is 2.51. The van der Waals surface area contributed by atoms with Crippen molar-refractivity contribution in [1.29, 1.82) is 0 Å². The zero-order valence-electron chi connectivity index (χ0n) is 16.7. The van der Waals surface area contributed by atoms with Gasteiger partial charge in [0.15, 0.2) is 11.8 Å². The molecular formula is C19H30ClIN6. The fourth-order valence-corrected chi connectivity index (χ4v) is 2.88. The number of aryl methyl sites for hydroxylation is 1. The normalized spacial score (nSPS) is 11.9. The quantitative estimate of drug-likeness (QED) is 0.343. The molecule has 0 atom stereocenters. The molecule has 2 rings (SSSR count). The van der Waals surface area contributed by atoms with Crippen LogP contribution in [0.5, 0.6) is 0 Å². The fraction of sp³-hybridized carbons (Fsp3) is 0.526. The average Bonchev–Trinajstić information content (AvgIpc) is 2.89. The molecule has 0 bridgehead atoms. The summed E-state index contributed by atoms with van der Waals surface area (Å²) in [6.07, 6.45) is 0.933. The Balaban J connectivity index is 0.00000364. The summed E-state index contributed by atoms with van der Waals surface area (Å²) in [4.78, 5) is 4.63. The minimum atomic E-state index is 0. The molecule has 0 aliphatic heterocycles. The van der Waals surface area contributed by atoms with Crippen LogP contribution in [0.25, 0.3) is 0 Å².